The van der Waals surface area contributed by atoms with E-state index in [2.05, 4.69) is 20.9 Å². The van der Waals surface area contributed by atoms with Crippen molar-refractivity contribution in [2.75, 3.05) is 0 Å². The van der Waals surface area contributed by atoms with Crippen LogP contribution in [-0.4, -0.2) is 4.98 Å². The van der Waals surface area contributed by atoms with Crippen molar-refractivity contribution in [2.24, 2.45) is 0 Å². The molecule has 1 aromatic carbocycles. The van der Waals surface area contributed by atoms with E-state index in [4.69, 9.17) is 0 Å². The van der Waals surface area contributed by atoms with E-state index in [0.717, 1.165) is 20.1 Å². The molecular weight excluding hydrogens is 277 g/mol. The molecule has 2 rings (SSSR count). The molecule has 1 heterocycles. The zero-order chi connectivity index (χ0) is 11.0. The minimum Gasteiger partial charge on any atom is -0.240 e. The fraction of sp³-hybridized carbons (Fsp3) is 0.182. The van der Waals surface area contributed by atoms with E-state index >= 15 is 0 Å². The zero-order valence-electron chi connectivity index (χ0n) is 8.34. The van der Waals surface area contributed by atoms with Crippen LogP contribution in [0.4, 0.5) is 4.39 Å². The first-order valence-electron chi connectivity index (χ1n) is 4.47. The van der Waals surface area contributed by atoms with Crippen LogP contribution in [0.5, 0.6) is 0 Å². The first kappa shape index (κ1) is 10.8. The summed E-state index contributed by atoms with van der Waals surface area (Å²) >= 11 is 5.05. The van der Waals surface area contributed by atoms with Gasteiger partial charge in [0.05, 0.1) is 14.5 Å². The fourth-order valence-electron chi connectivity index (χ4n) is 1.37. The van der Waals surface area contributed by atoms with E-state index in [0.29, 0.717) is 5.56 Å². The first-order chi connectivity index (χ1) is 7.08. The minimum absolute atomic E-state index is 0.179. The van der Waals surface area contributed by atoms with Crippen LogP contribution in [0, 0.1) is 19.7 Å². The fourth-order valence-corrected chi connectivity index (χ4v) is 3.05. The lowest BCUT2D eigenvalue weighted by Gasteiger charge is -2.00. The van der Waals surface area contributed by atoms with Gasteiger partial charge in [0.15, 0.2) is 0 Å². The molecule has 0 aliphatic carbocycles. The van der Waals surface area contributed by atoms with Crippen LogP contribution in [0.3, 0.4) is 0 Å². The van der Waals surface area contributed by atoms with Gasteiger partial charge in [-0.05, 0) is 53.5 Å². The molecule has 0 unspecified atom stereocenters. The number of nitrogens with zero attached hydrogens (tertiary/aromatic N) is 1. The summed E-state index contributed by atoms with van der Waals surface area (Å²) in [7, 11) is 0. The smallest absolute Gasteiger partial charge is 0.126 e. The molecule has 4 heteroatoms. The number of aryl methyl sites for hydroxylation is 2. The second-order valence-electron chi connectivity index (χ2n) is 3.32. The van der Waals surface area contributed by atoms with Gasteiger partial charge in [-0.2, -0.15) is 0 Å². The minimum atomic E-state index is -0.179. The number of hydrogen-bond acceptors (Lipinski definition) is 2. The van der Waals surface area contributed by atoms with Gasteiger partial charge in [0, 0.05) is 5.56 Å². The number of aromatic nitrogens is 1. The largest absolute Gasteiger partial charge is 0.240 e. The van der Waals surface area contributed by atoms with Crippen LogP contribution in [0.25, 0.3) is 11.3 Å². The van der Waals surface area contributed by atoms with E-state index in [1.807, 2.05) is 13.0 Å². The summed E-state index contributed by atoms with van der Waals surface area (Å²) in [5, 5.41) is 0.999. The van der Waals surface area contributed by atoms with E-state index in [-0.39, 0.29) is 5.82 Å². The van der Waals surface area contributed by atoms with Crippen LogP contribution in [0.2, 0.25) is 0 Å². The van der Waals surface area contributed by atoms with Crippen LogP contribution in [0.15, 0.2) is 22.0 Å². The molecule has 0 amide bonds. The second-order valence-corrected chi connectivity index (χ2v) is 5.84. The highest BCUT2D eigenvalue weighted by Crippen LogP contribution is 2.33. The van der Waals surface area contributed by atoms with E-state index in [1.165, 1.54) is 6.07 Å². The maximum Gasteiger partial charge on any atom is 0.126 e. The van der Waals surface area contributed by atoms with Crippen molar-refractivity contribution in [2.45, 2.75) is 13.8 Å². The standard InChI is InChI=1S/C11H9BrFNS/c1-6-5-8(3-4-9(6)13)10-11(12)15-7(2)14-10/h3-5H,1-2H3. The van der Waals surface area contributed by atoms with Crippen molar-refractivity contribution in [3.05, 3.63) is 38.4 Å². The molecule has 2 aromatic rings. The van der Waals surface area contributed by atoms with E-state index in [9.17, 15) is 4.39 Å². The maximum absolute atomic E-state index is 13.1. The molecule has 1 nitrogen and oxygen atoms in total. The van der Waals surface area contributed by atoms with Crippen LogP contribution >= 0.6 is 27.3 Å². The SMILES string of the molecule is Cc1nc(-c2ccc(F)c(C)c2)c(Br)s1. The van der Waals surface area contributed by atoms with Crippen LogP contribution in [0.1, 0.15) is 10.6 Å². The maximum atomic E-state index is 13.1. The van der Waals surface area contributed by atoms with Crippen molar-refractivity contribution in [1.29, 1.82) is 0 Å². The molecule has 0 spiro atoms. The Hall–Kier alpha value is -0.740. The molecule has 0 aliphatic heterocycles. The molecular formula is C11H9BrFNS. The Morgan fingerprint density at radius 2 is 2.07 bits per heavy atom. The van der Waals surface area contributed by atoms with E-state index in [1.54, 1.807) is 24.3 Å². The van der Waals surface area contributed by atoms with Crippen LogP contribution in [-0.2, 0) is 0 Å². The average Bonchev–Trinajstić information content (AvgIpc) is 2.50. The topological polar surface area (TPSA) is 12.9 Å². The molecule has 0 atom stereocenters. The van der Waals surface area contributed by atoms with Gasteiger partial charge in [-0.25, -0.2) is 9.37 Å². The van der Waals surface area contributed by atoms with Gasteiger partial charge in [0.2, 0.25) is 0 Å². The lowest BCUT2D eigenvalue weighted by atomic mass is 10.1. The van der Waals surface area contributed by atoms with E-state index < -0.39 is 0 Å². The summed E-state index contributed by atoms with van der Waals surface area (Å²) in [6.45, 7) is 3.71. The molecule has 0 saturated carbocycles. The third-order valence-corrected chi connectivity index (χ3v) is 3.74. The third-order valence-electron chi connectivity index (χ3n) is 2.12. The third kappa shape index (κ3) is 2.11. The van der Waals surface area contributed by atoms with Crippen molar-refractivity contribution >= 4 is 27.3 Å². The Bertz CT molecular complexity index is 507. The molecule has 0 bridgehead atoms. The summed E-state index contributed by atoms with van der Waals surface area (Å²) in [6, 6.07) is 5.04. The van der Waals surface area contributed by atoms with Gasteiger partial charge in [-0.1, -0.05) is 0 Å². The Morgan fingerprint density at radius 1 is 1.33 bits per heavy atom. The van der Waals surface area contributed by atoms with Crippen molar-refractivity contribution in [1.82, 2.24) is 4.98 Å². The number of thiazole rings is 1. The normalized spacial score (nSPS) is 10.7. The lowest BCUT2D eigenvalue weighted by molar-refractivity contribution is 0.619. The molecule has 15 heavy (non-hydrogen) atoms. The van der Waals surface area contributed by atoms with Gasteiger partial charge in [-0.15, -0.1) is 11.3 Å². The van der Waals surface area contributed by atoms with Gasteiger partial charge in [0.1, 0.15) is 5.82 Å². The molecule has 78 valence electrons. The Morgan fingerprint density at radius 3 is 2.60 bits per heavy atom. The van der Waals surface area contributed by atoms with Crippen molar-refractivity contribution in [3.63, 3.8) is 0 Å². The van der Waals surface area contributed by atoms with Crippen molar-refractivity contribution < 1.29 is 4.39 Å². The highest BCUT2D eigenvalue weighted by molar-refractivity contribution is 9.11. The molecule has 0 saturated heterocycles. The molecule has 0 aliphatic rings. The second kappa shape index (κ2) is 4.02. The quantitative estimate of drug-likeness (QED) is 0.760. The van der Waals surface area contributed by atoms with Crippen molar-refractivity contribution in [3.8, 4) is 11.3 Å². The summed E-state index contributed by atoms with van der Waals surface area (Å²) < 4.78 is 14.1. The van der Waals surface area contributed by atoms with Gasteiger partial charge < -0.3 is 0 Å². The van der Waals surface area contributed by atoms with Gasteiger partial charge >= 0.3 is 0 Å². The highest BCUT2D eigenvalue weighted by Gasteiger charge is 2.09. The summed E-state index contributed by atoms with van der Waals surface area (Å²) in [6.07, 6.45) is 0. The number of halogens is 2. The Kier molecular flexibility index (Phi) is 2.89. The Balaban J connectivity index is 2.54. The molecule has 0 N–H and O–H groups in total. The number of rotatable bonds is 1. The highest BCUT2D eigenvalue weighted by atomic mass is 79.9. The van der Waals surface area contributed by atoms with Gasteiger partial charge in [0.25, 0.3) is 0 Å². The Labute approximate surface area is 100 Å². The predicted molar refractivity (Wildman–Crippen MR) is 64.7 cm³/mol. The monoisotopic (exact) mass is 285 g/mol. The van der Waals surface area contributed by atoms with Crippen LogP contribution < -0.4 is 0 Å². The zero-order valence-corrected chi connectivity index (χ0v) is 10.7. The molecule has 0 fully saturated rings. The predicted octanol–water partition coefficient (Wildman–Crippen LogP) is 4.33. The summed E-state index contributed by atoms with van der Waals surface area (Å²) in [5.41, 5.74) is 2.48. The average molecular weight is 286 g/mol. The summed E-state index contributed by atoms with van der Waals surface area (Å²) in [4.78, 5) is 4.40. The lowest BCUT2D eigenvalue weighted by Crippen LogP contribution is -1.85. The molecule has 0 radical (unpaired) electrons. The van der Waals surface area contributed by atoms with Gasteiger partial charge in [-0.3, -0.25) is 0 Å². The molecule has 1 aromatic heterocycles. The number of hydrogen-bond donors (Lipinski definition) is 0. The summed E-state index contributed by atoms with van der Waals surface area (Å²) in [5.74, 6) is -0.179. The first-order valence-corrected chi connectivity index (χ1v) is 6.08. The number of benzene rings is 1.